The van der Waals surface area contributed by atoms with E-state index in [1.54, 1.807) is 42.5 Å². The van der Waals surface area contributed by atoms with E-state index in [9.17, 15) is 9.59 Å². The average Bonchev–Trinajstić information content (AvgIpc) is 2.47. The van der Waals surface area contributed by atoms with E-state index in [1.165, 1.54) is 4.57 Å². The van der Waals surface area contributed by atoms with Crippen LogP contribution in [-0.2, 0) is 6.54 Å². The summed E-state index contributed by atoms with van der Waals surface area (Å²) in [5.41, 5.74) is 6.61. The highest BCUT2D eigenvalue weighted by molar-refractivity contribution is 7.16. The summed E-state index contributed by atoms with van der Waals surface area (Å²) in [4.78, 5) is 24.3. The maximum atomic E-state index is 12.4. The number of hydrogen-bond acceptors (Lipinski definition) is 4. The molecule has 0 atom stereocenters. The molecule has 3 rings (SSSR count). The first-order chi connectivity index (χ1) is 10.1. The lowest BCUT2D eigenvalue weighted by atomic mass is 10.2. The van der Waals surface area contributed by atoms with Crippen LogP contribution in [0.1, 0.15) is 5.56 Å². The predicted molar refractivity (Wildman–Crippen MR) is 87.3 cm³/mol. The molecule has 1 heterocycles. The standard InChI is InChI=1S/C15H11ClN2O2S/c16-12-6-5-10(17)7-9(12)8-18-14(19)11-3-1-2-4-13(11)21-15(18)20/h1-7H,8,17H2. The van der Waals surface area contributed by atoms with Crippen molar-refractivity contribution < 1.29 is 0 Å². The minimum atomic E-state index is -0.312. The number of hydrogen-bond donors (Lipinski definition) is 1. The van der Waals surface area contributed by atoms with Crippen LogP contribution in [-0.4, -0.2) is 4.57 Å². The molecule has 2 aromatic carbocycles. The number of benzene rings is 2. The van der Waals surface area contributed by atoms with Crippen molar-refractivity contribution in [1.82, 2.24) is 4.57 Å². The molecule has 3 aromatic rings. The van der Waals surface area contributed by atoms with Gasteiger partial charge in [-0.15, -0.1) is 0 Å². The number of rotatable bonds is 2. The third-order valence-corrected chi connectivity index (χ3v) is 4.52. The van der Waals surface area contributed by atoms with E-state index in [1.807, 2.05) is 0 Å². The summed E-state index contributed by atoms with van der Waals surface area (Å²) in [6.45, 7) is 0.114. The number of aromatic nitrogens is 1. The SMILES string of the molecule is Nc1ccc(Cl)c(Cn2c(=O)sc3ccccc3c2=O)c1. The Hall–Kier alpha value is -2.11. The Kier molecular flexibility index (Phi) is 3.53. The van der Waals surface area contributed by atoms with E-state index in [2.05, 4.69) is 0 Å². The molecule has 0 radical (unpaired) electrons. The van der Waals surface area contributed by atoms with Gasteiger partial charge in [-0.25, -0.2) is 0 Å². The maximum absolute atomic E-state index is 12.4. The number of nitrogens with zero attached hydrogens (tertiary/aromatic N) is 1. The monoisotopic (exact) mass is 318 g/mol. The largest absolute Gasteiger partial charge is 0.399 e. The minimum absolute atomic E-state index is 0.114. The van der Waals surface area contributed by atoms with Crippen molar-refractivity contribution in [1.29, 1.82) is 0 Å². The molecule has 21 heavy (non-hydrogen) atoms. The van der Waals surface area contributed by atoms with Gasteiger partial charge >= 0.3 is 4.87 Å². The van der Waals surface area contributed by atoms with E-state index >= 15 is 0 Å². The zero-order chi connectivity index (χ0) is 15.0. The van der Waals surface area contributed by atoms with Gasteiger partial charge < -0.3 is 5.73 Å². The maximum Gasteiger partial charge on any atom is 0.310 e. The molecule has 0 aliphatic heterocycles. The van der Waals surface area contributed by atoms with E-state index in [-0.39, 0.29) is 17.0 Å². The van der Waals surface area contributed by atoms with E-state index in [0.29, 0.717) is 26.4 Å². The highest BCUT2D eigenvalue weighted by Crippen LogP contribution is 2.19. The zero-order valence-corrected chi connectivity index (χ0v) is 12.4. The smallest absolute Gasteiger partial charge is 0.310 e. The highest BCUT2D eigenvalue weighted by Gasteiger charge is 2.10. The fourth-order valence-electron chi connectivity index (χ4n) is 2.13. The number of halogens is 1. The van der Waals surface area contributed by atoms with E-state index < -0.39 is 0 Å². The van der Waals surface area contributed by atoms with Crippen molar-refractivity contribution in [2.24, 2.45) is 0 Å². The quantitative estimate of drug-likeness (QED) is 0.739. The second-order valence-corrected chi connectivity index (χ2v) is 6.01. The van der Waals surface area contributed by atoms with Crippen molar-refractivity contribution in [2.45, 2.75) is 6.54 Å². The van der Waals surface area contributed by atoms with Crippen molar-refractivity contribution in [3.05, 3.63) is 73.1 Å². The third kappa shape index (κ3) is 2.57. The van der Waals surface area contributed by atoms with Crippen LogP contribution in [0.15, 0.2) is 52.1 Å². The van der Waals surface area contributed by atoms with Crippen molar-refractivity contribution in [3.8, 4) is 0 Å². The lowest BCUT2D eigenvalue weighted by Gasteiger charge is -2.08. The zero-order valence-electron chi connectivity index (χ0n) is 10.9. The molecule has 1 aromatic heterocycles. The summed E-state index contributed by atoms with van der Waals surface area (Å²) in [5.74, 6) is 0. The number of fused-ring (bicyclic) bond motifs is 1. The molecule has 0 saturated heterocycles. The van der Waals surface area contributed by atoms with E-state index in [4.69, 9.17) is 17.3 Å². The Morgan fingerprint density at radius 1 is 1.14 bits per heavy atom. The Balaban J connectivity index is 2.19. The Labute approximate surface area is 129 Å². The van der Waals surface area contributed by atoms with Gasteiger partial charge in [0.2, 0.25) is 0 Å². The second kappa shape index (κ2) is 5.35. The molecule has 0 saturated carbocycles. The Morgan fingerprint density at radius 3 is 2.71 bits per heavy atom. The molecule has 2 N–H and O–H groups in total. The van der Waals surface area contributed by atoms with Gasteiger partial charge in [0.1, 0.15) is 0 Å². The molecular weight excluding hydrogens is 308 g/mol. The van der Waals surface area contributed by atoms with Gasteiger partial charge in [0.05, 0.1) is 11.9 Å². The molecule has 0 unspecified atom stereocenters. The molecular formula is C15H11ClN2O2S. The van der Waals surface area contributed by atoms with Crippen LogP contribution >= 0.6 is 22.9 Å². The van der Waals surface area contributed by atoms with Crippen molar-refractivity contribution in [3.63, 3.8) is 0 Å². The number of nitrogen functional groups attached to an aromatic ring is 1. The van der Waals surface area contributed by atoms with Gasteiger partial charge in [-0.1, -0.05) is 35.1 Å². The molecule has 0 aliphatic rings. The minimum Gasteiger partial charge on any atom is -0.399 e. The average molecular weight is 319 g/mol. The van der Waals surface area contributed by atoms with Gasteiger partial charge in [0.15, 0.2) is 0 Å². The summed E-state index contributed by atoms with van der Waals surface area (Å²) < 4.78 is 1.87. The van der Waals surface area contributed by atoms with Gasteiger partial charge in [-0.3, -0.25) is 14.2 Å². The topological polar surface area (TPSA) is 65.1 Å². The molecule has 0 spiro atoms. The fraction of sp³-hybridized carbons (Fsp3) is 0.0667. The summed E-state index contributed by atoms with van der Waals surface area (Å²) >= 11 is 7.14. The molecule has 106 valence electrons. The number of anilines is 1. The fourth-order valence-corrected chi connectivity index (χ4v) is 3.17. The number of nitrogens with two attached hydrogens (primary N) is 1. The normalized spacial score (nSPS) is 10.9. The summed E-state index contributed by atoms with van der Waals surface area (Å²) in [5, 5.41) is 1.01. The Bertz CT molecular complexity index is 946. The van der Waals surface area contributed by atoms with Gasteiger partial charge in [0, 0.05) is 15.4 Å². The van der Waals surface area contributed by atoms with Crippen LogP contribution in [0.2, 0.25) is 5.02 Å². The summed E-state index contributed by atoms with van der Waals surface area (Å²) in [6, 6.07) is 12.1. The molecule has 0 fully saturated rings. The first kappa shape index (κ1) is 13.9. The molecule has 0 amide bonds. The van der Waals surface area contributed by atoms with Crippen LogP contribution in [0.4, 0.5) is 5.69 Å². The molecule has 0 aliphatic carbocycles. The third-order valence-electron chi connectivity index (χ3n) is 3.18. The van der Waals surface area contributed by atoms with Crippen molar-refractivity contribution >= 4 is 38.7 Å². The van der Waals surface area contributed by atoms with Crippen LogP contribution in [0.5, 0.6) is 0 Å². The van der Waals surface area contributed by atoms with Gasteiger partial charge in [0.25, 0.3) is 5.56 Å². The lowest BCUT2D eigenvalue weighted by molar-refractivity contribution is 0.753. The predicted octanol–water partition coefficient (Wildman–Crippen LogP) is 2.71. The van der Waals surface area contributed by atoms with Crippen LogP contribution in [0, 0.1) is 0 Å². The van der Waals surface area contributed by atoms with Crippen LogP contribution in [0.3, 0.4) is 0 Å². The summed E-state index contributed by atoms with van der Waals surface area (Å²) in [7, 11) is 0. The lowest BCUT2D eigenvalue weighted by Crippen LogP contribution is -2.31. The van der Waals surface area contributed by atoms with Crippen LogP contribution in [0.25, 0.3) is 10.1 Å². The van der Waals surface area contributed by atoms with Gasteiger partial charge in [-0.05, 0) is 35.9 Å². The molecule has 6 heteroatoms. The van der Waals surface area contributed by atoms with Crippen LogP contribution < -0.4 is 16.2 Å². The first-order valence-electron chi connectivity index (χ1n) is 6.23. The molecule has 4 nitrogen and oxygen atoms in total. The first-order valence-corrected chi connectivity index (χ1v) is 7.42. The highest BCUT2D eigenvalue weighted by atomic mass is 35.5. The molecule has 0 bridgehead atoms. The second-order valence-electron chi connectivity index (χ2n) is 4.61. The van der Waals surface area contributed by atoms with Crippen molar-refractivity contribution in [2.75, 3.05) is 5.73 Å². The summed E-state index contributed by atoms with van der Waals surface area (Å²) in [6.07, 6.45) is 0. The van der Waals surface area contributed by atoms with E-state index in [0.717, 1.165) is 11.3 Å². The van der Waals surface area contributed by atoms with Gasteiger partial charge in [-0.2, -0.15) is 0 Å². The Morgan fingerprint density at radius 2 is 1.90 bits per heavy atom.